The van der Waals surface area contributed by atoms with Crippen LogP contribution < -0.4 is 0 Å². The summed E-state index contributed by atoms with van der Waals surface area (Å²) in [4.78, 5) is 11.4. The number of ether oxygens (including phenoxy) is 2. The van der Waals surface area contributed by atoms with Crippen LogP contribution in [-0.2, 0) is 14.3 Å². The molecule has 0 N–H and O–H groups in total. The summed E-state index contributed by atoms with van der Waals surface area (Å²) in [6.07, 6.45) is 9.71. The molecule has 0 aromatic heterocycles. The minimum Gasteiger partial charge on any atom is -0.431 e. The monoisotopic (exact) mass is 240 g/mol. The van der Waals surface area contributed by atoms with Gasteiger partial charge in [0.2, 0.25) is 0 Å². The Labute approximate surface area is 104 Å². The smallest absolute Gasteiger partial charge is 0.310 e. The summed E-state index contributed by atoms with van der Waals surface area (Å²) in [6.45, 7) is 3.76. The summed E-state index contributed by atoms with van der Waals surface area (Å²) in [5.74, 6) is 0.800. The van der Waals surface area contributed by atoms with Crippen molar-refractivity contribution in [2.24, 2.45) is 0 Å². The lowest BCUT2D eigenvalue weighted by molar-refractivity contribution is -0.139. The third-order valence-electron chi connectivity index (χ3n) is 2.76. The van der Waals surface area contributed by atoms with E-state index in [1.807, 2.05) is 6.08 Å². The normalized spacial score (nSPS) is 14.8. The largest absolute Gasteiger partial charge is 0.431 e. The van der Waals surface area contributed by atoms with Crippen molar-refractivity contribution in [1.82, 2.24) is 0 Å². The molecule has 0 fully saturated rings. The van der Waals surface area contributed by atoms with Crippen LogP contribution in [0.4, 0.5) is 0 Å². The zero-order chi connectivity index (χ0) is 12.3. The number of carbonyl (C=O) groups is 1. The van der Waals surface area contributed by atoms with Crippen molar-refractivity contribution in [1.29, 1.82) is 0 Å². The summed E-state index contributed by atoms with van der Waals surface area (Å²) < 4.78 is 10.6. The summed E-state index contributed by atoms with van der Waals surface area (Å²) in [6, 6.07) is 0. The summed E-state index contributed by atoms with van der Waals surface area (Å²) in [5, 5.41) is 0. The van der Waals surface area contributed by atoms with Crippen molar-refractivity contribution in [3.05, 3.63) is 11.8 Å². The Morgan fingerprint density at radius 1 is 1.29 bits per heavy atom. The standard InChI is InChI=1S/C14H24O3/c1-2-11-16-12-7-3-4-10-14(15)17-13-8-5-6-9-13/h8H,2-7,9-12H2,1H3. The molecule has 0 unspecified atom stereocenters. The molecule has 3 nitrogen and oxygen atoms in total. The molecule has 0 spiro atoms. The van der Waals surface area contributed by atoms with Gasteiger partial charge in [0.05, 0.1) is 0 Å². The average Bonchev–Trinajstić information content (AvgIpc) is 2.80. The first kappa shape index (κ1) is 14.2. The number of hydrogen-bond acceptors (Lipinski definition) is 3. The number of esters is 1. The quantitative estimate of drug-likeness (QED) is 0.456. The summed E-state index contributed by atoms with van der Waals surface area (Å²) >= 11 is 0. The summed E-state index contributed by atoms with van der Waals surface area (Å²) in [7, 11) is 0. The first-order valence-corrected chi connectivity index (χ1v) is 6.80. The van der Waals surface area contributed by atoms with E-state index >= 15 is 0 Å². The zero-order valence-corrected chi connectivity index (χ0v) is 10.9. The van der Waals surface area contributed by atoms with Crippen LogP contribution in [0.2, 0.25) is 0 Å². The average molecular weight is 240 g/mol. The van der Waals surface area contributed by atoms with Crippen LogP contribution in [0, 0.1) is 0 Å². The van der Waals surface area contributed by atoms with Crippen LogP contribution in [0.5, 0.6) is 0 Å². The Bertz CT molecular complexity index is 246. The highest BCUT2D eigenvalue weighted by Gasteiger charge is 2.10. The van der Waals surface area contributed by atoms with E-state index < -0.39 is 0 Å². The molecular formula is C14H24O3. The fourth-order valence-electron chi connectivity index (χ4n) is 1.83. The predicted octanol–water partition coefficient (Wildman–Crippen LogP) is 3.58. The molecule has 0 amide bonds. The van der Waals surface area contributed by atoms with Crippen molar-refractivity contribution in [2.45, 2.75) is 58.3 Å². The highest BCUT2D eigenvalue weighted by Crippen LogP contribution is 2.19. The van der Waals surface area contributed by atoms with Gasteiger partial charge in [-0.25, -0.2) is 0 Å². The first-order chi connectivity index (χ1) is 8.33. The second-order valence-corrected chi connectivity index (χ2v) is 4.46. The van der Waals surface area contributed by atoms with Gasteiger partial charge >= 0.3 is 5.97 Å². The maximum Gasteiger partial charge on any atom is 0.310 e. The molecule has 0 aliphatic heterocycles. The first-order valence-electron chi connectivity index (χ1n) is 6.80. The predicted molar refractivity (Wildman–Crippen MR) is 67.6 cm³/mol. The van der Waals surface area contributed by atoms with E-state index in [0.29, 0.717) is 6.42 Å². The Balaban J connectivity index is 1.90. The lowest BCUT2D eigenvalue weighted by Gasteiger charge is -2.05. The number of carbonyl (C=O) groups excluding carboxylic acids is 1. The van der Waals surface area contributed by atoms with Crippen LogP contribution in [0.3, 0.4) is 0 Å². The maximum atomic E-state index is 11.4. The molecule has 98 valence electrons. The van der Waals surface area contributed by atoms with E-state index in [-0.39, 0.29) is 5.97 Å². The van der Waals surface area contributed by atoms with Crippen molar-refractivity contribution in [3.8, 4) is 0 Å². The molecule has 1 aliphatic rings. The van der Waals surface area contributed by atoms with Gasteiger partial charge in [0.1, 0.15) is 5.76 Å². The van der Waals surface area contributed by atoms with Gasteiger partial charge in [0, 0.05) is 26.1 Å². The van der Waals surface area contributed by atoms with Crippen LogP contribution in [0.15, 0.2) is 11.8 Å². The van der Waals surface area contributed by atoms with E-state index in [2.05, 4.69) is 6.92 Å². The van der Waals surface area contributed by atoms with Gasteiger partial charge in [-0.2, -0.15) is 0 Å². The van der Waals surface area contributed by atoms with E-state index in [1.54, 1.807) is 0 Å². The Morgan fingerprint density at radius 3 is 2.88 bits per heavy atom. The molecular weight excluding hydrogens is 216 g/mol. The SMILES string of the molecule is CCCOCCCCCC(=O)OC1=CCCC1. The molecule has 0 saturated heterocycles. The molecule has 0 radical (unpaired) electrons. The third kappa shape index (κ3) is 7.16. The molecule has 0 saturated carbocycles. The highest BCUT2D eigenvalue weighted by atomic mass is 16.5. The van der Waals surface area contributed by atoms with Gasteiger partial charge < -0.3 is 9.47 Å². The Kier molecular flexibility index (Phi) is 7.72. The molecule has 17 heavy (non-hydrogen) atoms. The number of hydrogen-bond donors (Lipinski definition) is 0. The molecule has 0 bridgehead atoms. The topological polar surface area (TPSA) is 35.5 Å². The van der Waals surface area contributed by atoms with E-state index in [4.69, 9.17) is 9.47 Å². The number of rotatable bonds is 9. The fraction of sp³-hybridized carbons (Fsp3) is 0.786. The molecule has 0 aromatic rings. The van der Waals surface area contributed by atoms with Crippen LogP contribution >= 0.6 is 0 Å². The second-order valence-electron chi connectivity index (χ2n) is 4.46. The van der Waals surface area contributed by atoms with E-state index in [0.717, 1.165) is 63.9 Å². The van der Waals surface area contributed by atoms with Crippen molar-refractivity contribution >= 4 is 5.97 Å². The van der Waals surface area contributed by atoms with Gasteiger partial charge in [-0.15, -0.1) is 0 Å². The minimum absolute atomic E-state index is 0.0763. The van der Waals surface area contributed by atoms with Gasteiger partial charge in [-0.1, -0.05) is 13.3 Å². The van der Waals surface area contributed by atoms with Crippen LogP contribution in [-0.4, -0.2) is 19.2 Å². The van der Waals surface area contributed by atoms with E-state index in [9.17, 15) is 4.79 Å². The van der Waals surface area contributed by atoms with Crippen LogP contribution in [0.1, 0.15) is 58.3 Å². The lowest BCUT2D eigenvalue weighted by atomic mass is 10.2. The van der Waals surface area contributed by atoms with Gasteiger partial charge in [0.25, 0.3) is 0 Å². The molecule has 3 heteroatoms. The van der Waals surface area contributed by atoms with Gasteiger partial charge in [-0.3, -0.25) is 4.79 Å². The Hall–Kier alpha value is -0.830. The van der Waals surface area contributed by atoms with Crippen LogP contribution in [0.25, 0.3) is 0 Å². The third-order valence-corrected chi connectivity index (χ3v) is 2.76. The number of allylic oxidation sites excluding steroid dienone is 2. The van der Waals surface area contributed by atoms with Crippen molar-refractivity contribution in [3.63, 3.8) is 0 Å². The molecule has 1 rings (SSSR count). The summed E-state index contributed by atoms with van der Waals surface area (Å²) in [5.41, 5.74) is 0. The fourth-order valence-corrected chi connectivity index (χ4v) is 1.83. The lowest BCUT2D eigenvalue weighted by Crippen LogP contribution is -2.03. The van der Waals surface area contributed by atoms with E-state index in [1.165, 1.54) is 0 Å². The Morgan fingerprint density at radius 2 is 2.18 bits per heavy atom. The molecule has 0 atom stereocenters. The van der Waals surface area contributed by atoms with Gasteiger partial charge in [-0.05, 0) is 38.2 Å². The molecule has 0 heterocycles. The molecule has 0 aromatic carbocycles. The maximum absolute atomic E-state index is 11.4. The zero-order valence-electron chi connectivity index (χ0n) is 10.9. The van der Waals surface area contributed by atoms with Gasteiger partial charge in [0.15, 0.2) is 0 Å². The van der Waals surface area contributed by atoms with Crippen molar-refractivity contribution in [2.75, 3.05) is 13.2 Å². The highest BCUT2D eigenvalue weighted by molar-refractivity contribution is 5.70. The van der Waals surface area contributed by atoms with Crippen molar-refractivity contribution < 1.29 is 14.3 Å². The number of unbranched alkanes of at least 4 members (excludes halogenated alkanes) is 2. The molecule has 1 aliphatic carbocycles. The minimum atomic E-state index is -0.0763. The second kappa shape index (κ2) is 9.23.